The Balaban J connectivity index is 1.97. The Bertz CT molecular complexity index is 410. The zero-order valence-corrected chi connectivity index (χ0v) is 14.0. The average Bonchev–Trinajstić information content (AvgIpc) is 2.82. The Hall–Kier alpha value is -0.220. The minimum Gasteiger partial charge on any atom is -0.348 e. The van der Waals surface area contributed by atoms with Crippen molar-refractivity contribution in [2.45, 2.75) is 54.4 Å². The summed E-state index contributed by atoms with van der Waals surface area (Å²) in [7, 11) is 0. The monoisotopic (exact) mass is 314 g/mol. The molecule has 1 unspecified atom stereocenters. The number of hydrogen-bond donors (Lipinski definition) is 0. The fraction of sp³-hybridized carbons (Fsp3) is 0.625. The van der Waals surface area contributed by atoms with Crippen molar-refractivity contribution in [2.75, 3.05) is 13.2 Å². The standard InChI is InChI=1S/C16H23ClO2S/c1-15(2,17)14(20-13-7-5-4-6-8-13)9-10-16(3)18-11-12-19-16/h4-8,14H,9-12H2,1-3H3. The van der Waals surface area contributed by atoms with Crippen LogP contribution in [0.4, 0.5) is 0 Å². The molecular formula is C16H23ClO2S. The summed E-state index contributed by atoms with van der Waals surface area (Å²) in [6.07, 6.45) is 1.83. The summed E-state index contributed by atoms with van der Waals surface area (Å²) in [5.41, 5.74) is 0. The Labute approximate surface area is 131 Å². The van der Waals surface area contributed by atoms with Crippen molar-refractivity contribution in [3.63, 3.8) is 0 Å². The molecule has 0 bridgehead atoms. The fourth-order valence-corrected chi connectivity index (χ4v) is 3.70. The van der Waals surface area contributed by atoms with Crippen molar-refractivity contribution in [1.82, 2.24) is 0 Å². The van der Waals surface area contributed by atoms with Crippen LogP contribution in [0.1, 0.15) is 33.6 Å². The molecule has 2 nitrogen and oxygen atoms in total. The predicted octanol–water partition coefficient (Wildman–Crippen LogP) is 4.71. The third-order valence-corrected chi connectivity index (χ3v) is 5.59. The highest BCUT2D eigenvalue weighted by Gasteiger charge is 2.35. The summed E-state index contributed by atoms with van der Waals surface area (Å²) in [5.74, 6) is -0.433. The fourth-order valence-electron chi connectivity index (χ4n) is 2.30. The van der Waals surface area contributed by atoms with Crippen molar-refractivity contribution < 1.29 is 9.47 Å². The van der Waals surface area contributed by atoms with Crippen LogP contribution in [0.5, 0.6) is 0 Å². The SMILES string of the molecule is CC1(CCC(Sc2ccccc2)C(C)(C)Cl)OCCO1. The van der Waals surface area contributed by atoms with Gasteiger partial charge in [0, 0.05) is 16.6 Å². The third kappa shape index (κ3) is 4.66. The molecule has 0 amide bonds. The van der Waals surface area contributed by atoms with Crippen LogP contribution >= 0.6 is 23.4 Å². The molecule has 4 heteroatoms. The first-order valence-electron chi connectivity index (χ1n) is 7.08. The minimum atomic E-state index is -0.433. The van der Waals surface area contributed by atoms with Crippen LogP contribution in [0.15, 0.2) is 35.2 Å². The molecule has 1 aromatic carbocycles. The van der Waals surface area contributed by atoms with Gasteiger partial charge in [-0.15, -0.1) is 23.4 Å². The number of halogens is 1. The molecule has 1 saturated heterocycles. The van der Waals surface area contributed by atoms with Gasteiger partial charge >= 0.3 is 0 Å². The predicted molar refractivity (Wildman–Crippen MR) is 85.6 cm³/mol. The second kappa shape index (κ2) is 6.69. The van der Waals surface area contributed by atoms with Gasteiger partial charge in [0.2, 0.25) is 0 Å². The number of benzene rings is 1. The van der Waals surface area contributed by atoms with Crippen molar-refractivity contribution in [1.29, 1.82) is 0 Å². The molecule has 20 heavy (non-hydrogen) atoms. The number of hydrogen-bond acceptors (Lipinski definition) is 3. The molecule has 0 saturated carbocycles. The van der Waals surface area contributed by atoms with E-state index < -0.39 is 5.79 Å². The van der Waals surface area contributed by atoms with Gasteiger partial charge in [-0.1, -0.05) is 18.2 Å². The Morgan fingerprint density at radius 1 is 1.25 bits per heavy atom. The zero-order chi connectivity index (χ0) is 14.6. The molecule has 0 aromatic heterocycles. The quantitative estimate of drug-likeness (QED) is 0.560. The number of alkyl halides is 1. The molecule has 112 valence electrons. The highest BCUT2D eigenvalue weighted by Crippen LogP contribution is 2.39. The number of ether oxygens (including phenoxy) is 2. The highest BCUT2D eigenvalue weighted by atomic mass is 35.5. The number of thioether (sulfide) groups is 1. The van der Waals surface area contributed by atoms with Gasteiger partial charge in [-0.25, -0.2) is 0 Å². The molecule has 0 aliphatic carbocycles. The van der Waals surface area contributed by atoms with Crippen molar-refractivity contribution in [3.05, 3.63) is 30.3 Å². The van der Waals surface area contributed by atoms with Crippen LogP contribution < -0.4 is 0 Å². The molecule has 1 aliphatic rings. The van der Waals surface area contributed by atoms with E-state index in [1.165, 1.54) is 4.90 Å². The highest BCUT2D eigenvalue weighted by molar-refractivity contribution is 8.00. The smallest absolute Gasteiger partial charge is 0.165 e. The summed E-state index contributed by atoms with van der Waals surface area (Å²) in [5, 5.41) is 0.316. The van der Waals surface area contributed by atoms with Crippen LogP contribution in [0.25, 0.3) is 0 Å². The van der Waals surface area contributed by atoms with E-state index in [1.54, 1.807) is 0 Å². The average molecular weight is 315 g/mol. The first-order valence-corrected chi connectivity index (χ1v) is 8.33. The van der Waals surface area contributed by atoms with E-state index in [1.807, 2.05) is 24.8 Å². The summed E-state index contributed by atoms with van der Waals surface area (Å²) in [6, 6.07) is 10.4. The van der Waals surface area contributed by atoms with Crippen LogP contribution in [0, 0.1) is 0 Å². The van der Waals surface area contributed by atoms with Crippen molar-refractivity contribution in [2.24, 2.45) is 0 Å². The summed E-state index contributed by atoms with van der Waals surface area (Å²) < 4.78 is 11.4. The van der Waals surface area contributed by atoms with E-state index in [2.05, 4.69) is 38.1 Å². The first-order chi connectivity index (χ1) is 9.39. The maximum absolute atomic E-state index is 6.58. The molecular weight excluding hydrogens is 292 g/mol. The van der Waals surface area contributed by atoms with Gasteiger partial charge in [-0.05, 0) is 39.3 Å². The van der Waals surface area contributed by atoms with Crippen molar-refractivity contribution >= 4 is 23.4 Å². The van der Waals surface area contributed by atoms with Crippen LogP contribution in [-0.4, -0.2) is 29.1 Å². The lowest BCUT2D eigenvalue weighted by Crippen LogP contribution is -2.32. The Morgan fingerprint density at radius 2 is 1.85 bits per heavy atom. The summed E-state index contributed by atoms with van der Waals surface area (Å²) in [4.78, 5) is 0.986. The third-order valence-electron chi connectivity index (χ3n) is 3.55. The molecule has 1 fully saturated rings. The van der Waals surface area contributed by atoms with Crippen LogP contribution in [0.3, 0.4) is 0 Å². The van der Waals surface area contributed by atoms with E-state index in [9.17, 15) is 0 Å². The van der Waals surface area contributed by atoms with Crippen molar-refractivity contribution in [3.8, 4) is 0 Å². The topological polar surface area (TPSA) is 18.5 Å². The van der Waals surface area contributed by atoms with Crippen LogP contribution in [-0.2, 0) is 9.47 Å². The molecule has 0 radical (unpaired) electrons. The number of rotatable bonds is 6. The van der Waals surface area contributed by atoms with Gasteiger partial charge in [0.15, 0.2) is 5.79 Å². The second-order valence-corrected chi connectivity index (χ2v) is 8.10. The van der Waals surface area contributed by atoms with E-state index in [4.69, 9.17) is 21.1 Å². The molecule has 2 rings (SSSR count). The van der Waals surface area contributed by atoms with Gasteiger partial charge in [-0.3, -0.25) is 0 Å². The molecule has 0 spiro atoms. The van der Waals surface area contributed by atoms with Gasteiger partial charge < -0.3 is 9.47 Å². The molecule has 1 aliphatic heterocycles. The van der Waals surface area contributed by atoms with Gasteiger partial charge in [0.1, 0.15) is 0 Å². The van der Waals surface area contributed by atoms with E-state index in [0.717, 1.165) is 12.8 Å². The lowest BCUT2D eigenvalue weighted by Gasteiger charge is -2.31. The first kappa shape index (κ1) is 16.2. The molecule has 0 N–H and O–H groups in total. The second-order valence-electron chi connectivity index (χ2n) is 5.85. The van der Waals surface area contributed by atoms with Gasteiger partial charge in [-0.2, -0.15) is 0 Å². The minimum absolute atomic E-state index is 0.268. The molecule has 1 atom stereocenters. The van der Waals surface area contributed by atoms with E-state index in [0.29, 0.717) is 18.5 Å². The van der Waals surface area contributed by atoms with Gasteiger partial charge in [0.25, 0.3) is 0 Å². The maximum atomic E-state index is 6.58. The van der Waals surface area contributed by atoms with E-state index >= 15 is 0 Å². The normalized spacial score (nSPS) is 20.0. The maximum Gasteiger partial charge on any atom is 0.165 e. The Kier molecular flexibility index (Phi) is 5.41. The van der Waals surface area contributed by atoms with Gasteiger partial charge in [0.05, 0.1) is 18.1 Å². The molecule has 1 heterocycles. The summed E-state index contributed by atoms with van der Waals surface area (Å²) in [6.45, 7) is 7.56. The Morgan fingerprint density at radius 3 is 2.40 bits per heavy atom. The summed E-state index contributed by atoms with van der Waals surface area (Å²) >= 11 is 8.41. The largest absolute Gasteiger partial charge is 0.348 e. The zero-order valence-electron chi connectivity index (χ0n) is 12.4. The lowest BCUT2D eigenvalue weighted by atomic mass is 10.0. The van der Waals surface area contributed by atoms with E-state index in [-0.39, 0.29) is 4.87 Å². The molecule has 1 aromatic rings. The van der Waals surface area contributed by atoms with Crippen LogP contribution in [0.2, 0.25) is 0 Å². The lowest BCUT2D eigenvalue weighted by molar-refractivity contribution is -0.147.